The van der Waals surface area contributed by atoms with Crippen molar-refractivity contribution in [1.82, 2.24) is 19.6 Å². The minimum atomic E-state index is 0.735. The molecule has 0 atom stereocenters. The van der Waals surface area contributed by atoms with Crippen molar-refractivity contribution >= 4 is 11.5 Å². The van der Waals surface area contributed by atoms with Crippen molar-refractivity contribution < 1.29 is 0 Å². The molecule has 0 aliphatic heterocycles. The second-order valence-electron chi connectivity index (χ2n) is 4.56. The van der Waals surface area contributed by atoms with Gasteiger partial charge in [-0.2, -0.15) is 9.61 Å². The fourth-order valence-electron chi connectivity index (χ4n) is 2.18. The summed E-state index contributed by atoms with van der Waals surface area (Å²) < 4.78 is 1.72. The third-order valence-corrected chi connectivity index (χ3v) is 3.11. The van der Waals surface area contributed by atoms with Gasteiger partial charge in [0.15, 0.2) is 5.65 Å². The van der Waals surface area contributed by atoms with Gasteiger partial charge in [0.2, 0.25) is 0 Å². The van der Waals surface area contributed by atoms with Gasteiger partial charge in [0, 0.05) is 35.8 Å². The van der Waals surface area contributed by atoms with E-state index in [2.05, 4.69) is 27.4 Å². The molecule has 0 fully saturated rings. The quantitative estimate of drug-likeness (QED) is 0.559. The number of nitrogens with one attached hydrogen (secondary N) is 1. The zero-order valence-electron chi connectivity index (χ0n) is 11.2. The van der Waals surface area contributed by atoms with Gasteiger partial charge in [-0.25, -0.2) is 10.8 Å². The van der Waals surface area contributed by atoms with Crippen molar-refractivity contribution in [3.05, 3.63) is 42.4 Å². The molecule has 0 radical (unpaired) electrons. The summed E-state index contributed by atoms with van der Waals surface area (Å²) in [4.78, 5) is 8.62. The molecule has 0 unspecified atom stereocenters. The highest BCUT2D eigenvalue weighted by atomic mass is 15.4. The van der Waals surface area contributed by atoms with E-state index in [0.29, 0.717) is 0 Å². The van der Waals surface area contributed by atoms with Crippen LogP contribution in [0.2, 0.25) is 0 Å². The van der Waals surface area contributed by atoms with E-state index in [1.54, 1.807) is 16.9 Å². The topological polar surface area (TPSA) is 81.1 Å². The van der Waals surface area contributed by atoms with Gasteiger partial charge in [-0.1, -0.05) is 13.3 Å². The average molecular weight is 268 g/mol. The first-order valence-electron chi connectivity index (χ1n) is 6.58. The Labute approximate surface area is 116 Å². The van der Waals surface area contributed by atoms with Crippen LogP contribution < -0.4 is 11.3 Å². The first kappa shape index (κ1) is 12.6. The van der Waals surface area contributed by atoms with Crippen molar-refractivity contribution in [2.75, 3.05) is 5.43 Å². The molecule has 0 bridgehead atoms. The number of aromatic nitrogens is 4. The second kappa shape index (κ2) is 5.26. The summed E-state index contributed by atoms with van der Waals surface area (Å²) in [5.74, 6) is 6.32. The molecule has 102 valence electrons. The molecule has 3 rings (SSSR count). The summed E-state index contributed by atoms with van der Waals surface area (Å²) >= 11 is 0. The molecule has 0 aromatic carbocycles. The van der Waals surface area contributed by atoms with Crippen LogP contribution >= 0.6 is 0 Å². The van der Waals surface area contributed by atoms with Crippen molar-refractivity contribution in [3.8, 4) is 11.3 Å². The van der Waals surface area contributed by atoms with Gasteiger partial charge in [0.1, 0.15) is 5.82 Å². The lowest BCUT2D eigenvalue weighted by atomic mass is 10.2. The van der Waals surface area contributed by atoms with E-state index < -0.39 is 0 Å². The smallest absolute Gasteiger partial charge is 0.158 e. The molecule has 0 amide bonds. The first-order chi connectivity index (χ1) is 9.81. The van der Waals surface area contributed by atoms with Crippen LogP contribution in [0.1, 0.15) is 19.0 Å². The Morgan fingerprint density at radius 1 is 1.25 bits per heavy atom. The summed E-state index contributed by atoms with van der Waals surface area (Å²) in [5, 5.41) is 4.54. The zero-order chi connectivity index (χ0) is 13.9. The Morgan fingerprint density at radius 2 is 2.05 bits per heavy atom. The molecular formula is C14H16N6. The lowest BCUT2D eigenvalue weighted by Gasteiger charge is -2.05. The molecule has 0 saturated carbocycles. The van der Waals surface area contributed by atoms with Crippen molar-refractivity contribution in [2.24, 2.45) is 5.84 Å². The normalized spacial score (nSPS) is 10.9. The fraction of sp³-hybridized carbons (Fsp3) is 0.214. The molecule has 3 N–H and O–H groups in total. The highest BCUT2D eigenvalue weighted by Gasteiger charge is 2.10. The summed E-state index contributed by atoms with van der Waals surface area (Å²) in [7, 11) is 0. The fourth-order valence-corrected chi connectivity index (χ4v) is 2.18. The Kier molecular flexibility index (Phi) is 3.30. The maximum atomic E-state index is 5.58. The number of fused-ring (bicyclic) bond motifs is 1. The van der Waals surface area contributed by atoms with E-state index in [1.807, 2.05) is 24.3 Å². The predicted octanol–water partition coefficient (Wildman–Crippen LogP) is 2.03. The van der Waals surface area contributed by atoms with Crippen LogP contribution in [-0.2, 0) is 6.42 Å². The second-order valence-corrected chi connectivity index (χ2v) is 4.56. The van der Waals surface area contributed by atoms with Crippen LogP contribution in [0.15, 0.2) is 36.7 Å². The molecule has 6 nitrogen and oxygen atoms in total. The van der Waals surface area contributed by atoms with Crippen molar-refractivity contribution in [1.29, 1.82) is 0 Å². The number of anilines is 1. The van der Waals surface area contributed by atoms with E-state index >= 15 is 0 Å². The predicted molar refractivity (Wildman–Crippen MR) is 78.0 cm³/mol. The highest BCUT2D eigenvalue weighted by Crippen LogP contribution is 2.21. The summed E-state index contributed by atoms with van der Waals surface area (Å²) in [6.45, 7) is 2.13. The molecule has 20 heavy (non-hydrogen) atoms. The minimum Gasteiger partial charge on any atom is -0.308 e. The summed E-state index contributed by atoms with van der Waals surface area (Å²) in [6.07, 6.45) is 5.45. The van der Waals surface area contributed by atoms with E-state index in [0.717, 1.165) is 41.3 Å². The average Bonchev–Trinajstić information content (AvgIpc) is 2.91. The van der Waals surface area contributed by atoms with Gasteiger partial charge < -0.3 is 5.43 Å². The monoisotopic (exact) mass is 268 g/mol. The Morgan fingerprint density at radius 3 is 2.75 bits per heavy atom. The number of hydrazine groups is 1. The molecule has 0 saturated heterocycles. The van der Waals surface area contributed by atoms with Gasteiger partial charge >= 0.3 is 0 Å². The Balaban J connectivity index is 2.14. The number of pyridine rings is 1. The molecule has 0 aliphatic rings. The molecule has 3 aromatic rings. The largest absolute Gasteiger partial charge is 0.308 e. The van der Waals surface area contributed by atoms with Crippen LogP contribution in [0.25, 0.3) is 16.9 Å². The highest BCUT2D eigenvalue weighted by molar-refractivity contribution is 5.65. The molecular weight excluding hydrogens is 252 g/mol. The number of rotatable bonds is 4. The molecule has 0 spiro atoms. The molecule has 6 heteroatoms. The van der Waals surface area contributed by atoms with Crippen LogP contribution in [0.5, 0.6) is 0 Å². The van der Waals surface area contributed by atoms with Gasteiger partial charge in [-0.15, -0.1) is 0 Å². The number of nitrogen functional groups attached to an aromatic ring is 1. The van der Waals surface area contributed by atoms with Crippen molar-refractivity contribution in [2.45, 2.75) is 19.8 Å². The third-order valence-electron chi connectivity index (χ3n) is 3.11. The third kappa shape index (κ3) is 2.21. The Bertz CT molecular complexity index is 719. The number of hydrogen-bond donors (Lipinski definition) is 2. The van der Waals surface area contributed by atoms with Crippen LogP contribution in [-0.4, -0.2) is 19.6 Å². The van der Waals surface area contributed by atoms with Gasteiger partial charge in [-0.05, 0) is 18.6 Å². The summed E-state index contributed by atoms with van der Waals surface area (Å²) in [5.41, 5.74) is 6.33. The lowest BCUT2D eigenvalue weighted by Crippen LogP contribution is -2.13. The maximum absolute atomic E-state index is 5.58. The van der Waals surface area contributed by atoms with Crippen molar-refractivity contribution in [3.63, 3.8) is 0 Å². The van der Waals surface area contributed by atoms with Crippen LogP contribution in [0.4, 0.5) is 5.82 Å². The van der Waals surface area contributed by atoms with Crippen LogP contribution in [0.3, 0.4) is 0 Å². The first-order valence-corrected chi connectivity index (χ1v) is 6.58. The Hall–Kier alpha value is -2.47. The SMILES string of the molecule is CCCc1cc(NN)n2nc(-c3ccncc3)cc2n1. The maximum Gasteiger partial charge on any atom is 0.158 e. The minimum absolute atomic E-state index is 0.735. The number of aryl methyl sites for hydroxylation is 1. The van der Waals surface area contributed by atoms with E-state index in [-0.39, 0.29) is 0 Å². The molecule has 3 aromatic heterocycles. The summed E-state index contributed by atoms with van der Waals surface area (Å²) in [6, 6.07) is 7.73. The number of nitrogens with two attached hydrogens (primary N) is 1. The molecule has 0 aliphatic carbocycles. The molecule has 3 heterocycles. The van der Waals surface area contributed by atoms with Gasteiger partial charge in [-0.3, -0.25) is 4.98 Å². The lowest BCUT2D eigenvalue weighted by molar-refractivity contribution is 0.859. The van der Waals surface area contributed by atoms with Crippen LogP contribution in [0, 0.1) is 0 Å². The van der Waals surface area contributed by atoms with E-state index in [9.17, 15) is 0 Å². The van der Waals surface area contributed by atoms with E-state index in [1.165, 1.54) is 0 Å². The standard InChI is InChI=1S/C14H16N6/c1-2-3-11-8-14(18-15)20-13(17-11)9-12(19-20)10-4-6-16-7-5-10/h4-9,18H,2-3,15H2,1H3. The zero-order valence-corrected chi connectivity index (χ0v) is 11.2. The number of hydrogen-bond acceptors (Lipinski definition) is 5. The number of nitrogens with zero attached hydrogens (tertiary/aromatic N) is 4. The van der Waals surface area contributed by atoms with Gasteiger partial charge in [0.05, 0.1) is 5.69 Å². The van der Waals surface area contributed by atoms with E-state index in [4.69, 9.17) is 5.84 Å². The van der Waals surface area contributed by atoms with Gasteiger partial charge in [0.25, 0.3) is 0 Å².